The zero-order chi connectivity index (χ0) is 14.7. The van der Waals surface area contributed by atoms with Gasteiger partial charge in [0.1, 0.15) is 0 Å². The molecule has 1 N–H and O–H groups in total. The molecule has 112 valence electrons. The molecule has 0 aromatic heterocycles. The molecule has 2 amide bonds. The van der Waals surface area contributed by atoms with Crippen molar-refractivity contribution in [2.45, 2.75) is 31.7 Å². The first-order valence-corrected chi connectivity index (χ1v) is 7.63. The minimum Gasteiger partial charge on any atom is -0.369 e. The number of hydrogen-bond donors (Lipinski definition) is 1. The molecule has 21 heavy (non-hydrogen) atoms. The number of rotatable bonds is 4. The number of hydrogen-bond acceptors (Lipinski definition) is 3. The topological polar surface area (TPSA) is 52.7 Å². The van der Waals surface area contributed by atoms with Crippen LogP contribution in [0.25, 0.3) is 0 Å². The lowest BCUT2D eigenvalue weighted by Crippen LogP contribution is -2.35. The average molecular weight is 287 g/mol. The van der Waals surface area contributed by atoms with Gasteiger partial charge in [-0.25, -0.2) is 0 Å². The molecule has 2 saturated heterocycles. The third kappa shape index (κ3) is 3.01. The lowest BCUT2D eigenvalue weighted by molar-refractivity contribution is -0.119. The molecule has 1 atom stereocenters. The second-order valence-corrected chi connectivity index (χ2v) is 5.74. The molecule has 2 aliphatic rings. The van der Waals surface area contributed by atoms with E-state index in [0.29, 0.717) is 6.42 Å². The van der Waals surface area contributed by atoms with E-state index < -0.39 is 0 Å². The normalized spacial score (nSPS) is 22.5. The van der Waals surface area contributed by atoms with Crippen molar-refractivity contribution in [1.82, 2.24) is 5.32 Å². The maximum Gasteiger partial charge on any atom is 0.226 e. The predicted octanol–water partition coefficient (Wildman–Crippen LogP) is 1.53. The molecule has 2 heterocycles. The monoisotopic (exact) mass is 287 g/mol. The van der Waals surface area contributed by atoms with Crippen LogP contribution in [0.5, 0.6) is 0 Å². The molecule has 5 nitrogen and oxygen atoms in total. The van der Waals surface area contributed by atoms with Crippen LogP contribution in [0, 0.1) is 0 Å². The molecule has 0 aliphatic carbocycles. The van der Waals surface area contributed by atoms with Crippen molar-refractivity contribution in [2.75, 3.05) is 29.4 Å². The van der Waals surface area contributed by atoms with Crippen LogP contribution in [0.1, 0.15) is 25.7 Å². The molecule has 0 saturated carbocycles. The minimum absolute atomic E-state index is 0.227. The number of piperidine rings is 1. The summed E-state index contributed by atoms with van der Waals surface area (Å²) in [5, 5.41) is 2.84. The van der Waals surface area contributed by atoms with Gasteiger partial charge in [0.15, 0.2) is 0 Å². The van der Waals surface area contributed by atoms with Gasteiger partial charge in [0.2, 0.25) is 12.3 Å². The summed E-state index contributed by atoms with van der Waals surface area (Å²) in [4.78, 5) is 26.6. The fraction of sp³-hybridized carbons (Fsp3) is 0.500. The van der Waals surface area contributed by atoms with E-state index >= 15 is 0 Å². The number of carbonyl (C=O) groups is 2. The summed E-state index contributed by atoms with van der Waals surface area (Å²) in [6.07, 6.45) is 4.50. The molecule has 0 bridgehead atoms. The quantitative estimate of drug-likeness (QED) is 0.854. The Morgan fingerprint density at radius 1 is 1.10 bits per heavy atom. The van der Waals surface area contributed by atoms with Gasteiger partial charge in [-0.15, -0.1) is 0 Å². The zero-order valence-corrected chi connectivity index (χ0v) is 12.1. The van der Waals surface area contributed by atoms with Crippen molar-refractivity contribution < 1.29 is 9.59 Å². The fourth-order valence-corrected chi connectivity index (χ4v) is 3.15. The molecular weight excluding hydrogens is 266 g/mol. The highest BCUT2D eigenvalue weighted by Gasteiger charge is 2.23. The highest BCUT2D eigenvalue weighted by Crippen LogP contribution is 2.26. The molecule has 1 unspecified atom stereocenters. The van der Waals surface area contributed by atoms with Crippen LogP contribution in [-0.2, 0) is 9.59 Å². The average Bonchev–Trinajstić information content (AvgIpc) is 2.97. The van der Waals surface area contributed by atoms with E-state index in [1.54, 1.807) is 0 Å². The fourth-order valence-electron chi connectivity index (χ4n) is 3.15. The van der Waals surface area contributed by atoms with Crippen LogP contribution in [-0.4, -0.2) is 38.0 Å². The number of carbonyl (C=O) groups excluding carboxylic acids is 2. The SMILES string of the molecule is O=CNC1CCN(c2ccc(N3CCCCC3=O)cc2)C1. The largest absolute Gasteiger partial charge is 0.369 e. The number of nitrogens with zero attached hydrogens (tertiary/aromatic N) is 2. The van der Waals surface area contributed by atoms with Crippen LogP contribution >= 0.6 is 0 Å². The second kappa shape index (κ2) is 6.16. The van der Waals surface area contributed by atoms with Crippen LogP contribution in [0.2, 0.25) is 0 Å². The maximum atomic E-state index is 11.9. The Balaban J connectivity index is 1.67. The maximum absolute atomic E-state index is 11.9. The Morgan fingerprint density at radius 2 is 1.86 bits per heavy atom. The third-order valence-electron chi connectivity index (χ3n) is 4.34. The van der Waals surface area contributed by atoms with E-state index in [0.717, 1.165) is 56.7 Å². The lowest BCUT2D eigenvalue weighted by atomic mass is 10.1. The van der Waals surface area contributed by atoms with Gasteiger partial charge >= 0.3 is 0 Å². The van der Waals surface area contributed by atoms with Gasteiger partial charge < -0.3 is 15.1 Å². The standard InChI is InChI=1S/C16H21N3O2/c20-12-17-13-8-10-18(11-13)14-4-6-15(7-5-14)19-9-2-1-3-16(19)21/h4-7,12-13H,1-3,8-11H2,(H,17,20). The minimum atomic E-state index is 0.227. The number of amides is 2. The van der Waals surface area contributed by atoms with Gasteiger partial charge in [0, 0.05) is 43.5 Å². The van der Waals surface area contributed by atoms with E-state index in [1.807, 2.05) is 17.0 Å². The lowest BCUT2D eigenvalue weighted by Gasteiger charge is -2.27. The summed E-state index contributed by atoms with van der Waals surface area (Å²) in [5.41, 5.74) is 2.14. The van der Waals surface area contributed by atoms with Gasteiger partial charge in [0.25, 0.3) is 0 Å². The van der Waals surface area contributed by atoms with Crippen LogP contribution in [0.15, 0.2) is 24.3 Å². The molecule has 5 heteroatoms. The summed E-state index contributed by atoms with van der Waals surface area (Å²) in [6.45, 7) is 2.63. The third-order valence-corrected chi connectivity index (χ3v) is 4.34. The number of nitrogens with one attached hydrogen (secondary N) is 1. The second-order valence-electron chi connectivity index (χ2n) is 5.74. The molecule has 0 spiro atoms. The summed E-state index contributed by atoms with van der Waals surface area (Å²) in [6, 6.07) is 8.44. The molecule has 2 aliphatic heterocycles. The Kier molecular flexibility index (Phi) is 4.08. The molecule has 2 fully saturated rings. The van der Waals surface area contributed by atoms with Crippen LogP contribution < -0.4 is 15.1 Å². The van der Waals surface area contributed by atoms with Crippen LogP contribution in [0.3, 0.4) is 0 Å². The van der Waals surface area contributed by atoms with Crippen molar-refractivity contribution in [3.05, 3.63) is 24.3 Å². The molecule has 3 rings (SSSR count). The molecule has 1 aromatic carbocycles. The van der Waals surface area contributed by atoms with Gasteiger partial charge in [-0.3, -0.25) is 9.59 Å². The Hall–Kier alpha value is -2.04. The molecular formula is C16H21N3O2. The number of anilines is 2. The van der Waals surface area contributed by atoms with Crippen molar-refractivity contribution in [2.24, 2.45) is 0 Å². The van der Waals surface area contributed by atoms with E-state index in [9.17, 15) is 9.59 Å². The van der Waals surface area contributed by atoms with Crippen molar-refractivity contribution >= 4 is 23.7 Å². The van der Waals surface area contributed by atoms with Gasteiger partial charge in [-0.2, -0.15) is 0 Å². The van der Waals surface area contributed by atoms with Gasteiger partial charge in [0.05, 0.1) is 0 Å². The van der Waals surface area contributed by atoms with E-state index in [1.165, 1.54) is 0 Å². The number of benzene rings is 1. The molecule has 1 aromatic rings. The highest BCUT2D eigenvalue weighted by atomic mass is 16.2. The smallest absolute Gasteiger partial charge is 0.226 e. The van der Waals surface area contributed by atoms with Crippen molar-refractivity contribution in [3.8, 4) is 0 Å². The van der Waals surface area contributed by atoms with Crippen molar-refractivity contribution in [3.63, 3.8) is 0 Å². The summed E-state index contributed by atoms with van der Waals surface area (Å²) in [5.74, 6) is 0.227. The Labute approximate surface area is 124 Å². The highest BCUT2D eigenvalue weighted by molar-refractivity contribution is 5.94. The summed E-state index contributed by atoms with van der Waals surface area (Å²) >= 11 is 0. The summed E-state index contributed by atoms with van der Waals surface area (Å²) < 4.78 is 0. The Morgan fingerprint density at radius 3 is 2.57 bits per heavy atom. The van der Waals surface area contributed by atoms with Crippen molar-refractivity contribution in [1.29, 1.82) is 0 Å². The first-order valence-electron chi connectivity index (χ1n) is 7.63. The van der Waals surface area contributed by atoms with E-state index in [2.05, 4.69) is 22.3 Å². The zero-order valence-electron chi connectivity index (χ0n) is 12.1. The Bertz CT molecular complexity index is 515. The van der Waals surface area contributed by atoms with Crippen LogP contribution in [0.4, 0.5) is 11.4 Å². The first-order chi connectivity index (χ1) is 10.3. The van der Waals surface area contributed by atoms with E-state index in [-0.39, 0.29) is 11.9 Å². The van der Waals surface area contributed by atoms with Gasteiger partial charge in [-0.05, 0) is 43.5 Å². The first kappa shape index (κ1) is 13.9. The molecule has 0 radical (unpaired) electrons. The predicted molar refractivity (Wildman–Crippen MR) is 82.5 cm³/mol. The summed E-state index contributed by atoms with van der Waals surface area (Å²) in [7, 11) is 0. The van der Waals surface area contributed by atoms with Gasteiger partial charge in [-0.1, -0.05) is 0 Å². The van der Waals surface area contributed by atoms with E-state index in [4.69, 9.17) is 0 Å².